The Morgan fingerprint density at radius 2 is 1.73 bits per heavy atom. The number of hydrogen-bond acceptors (Lipinski definition) is 4. The van der Waals surface area contributed by atoms with Crippen LogP contribution in [0, 0.1) is 6.92 Å². The second kappa shape index (κ2) is 7.93. The Labute approximate surface area is 182 Å². The lowest BCUT2D eigenvalue weighted by Crippen LogP contribution is -2.21. The molecule has 1 N–H and O–H groups in total. The number of carbonyl (C=O) groups excluding carboxylic acids is 2. The van der Waals surface area contributed by atoms with E-state index in [-0.39, 0.29) is 11.8 Å². The zero-order chi connectivity index (χ0) is 21.4. The Hall–Kier alpha value is -3.16. The molecule has 0 fully saturated rings. The third-order valence-corrected chi connectivity index (χ3v) is 6.00. The van der Waals surface area contributed by atoms with Gasteiger partial charge in [0.1, 0.15) is 4.83 Å². The molecular formula is C22H19ClN4O2S. The first-order chi connectivity index (χ1) is 14.3. The predicted octanol–water partition coefficient (Wildman–Crippen LogP) is 5.00. The van der Waals surface area contributed by atoms with Gasteiger partial charge in [-0.3, -0.25) is 9.59 Å². The van der Waals surface area contributed by atoms with Gasteiger partial charge in [0.15, 0.2) is 0 Å². The Morgan fingerprint density at radius 3 is 2.37 bits per heavy atom. The first-order valence-corrected chi connectivity index (χ1v) is 10.4. The Kier molecular flexibility index (Phi) is 5.32. The van der Waals surface area contributed by atoms with Gasteiger partial charge in [-0.15, -0.1) is 11.3 Å². The zero-order valence-corrected chi connectivity index (χ0v) is 18.2. The maximum atomic E-state index is 12.8. The Morgan fingerprint density at radius 1 is 1.07 bits per heavy atom. The molecule has 0 aliphatic carbocycles. The zero-order valence-electron chi connectivity index (χ0n) is 16.6. The fraction of sp³-hybridized carbons (Fsp3) is 0.136. The fourth-order valence-electron chi connectivity index (χ4n) is 3.06. The van der Waals surface area contributed by atoms with Crippen LogP contribution in [-0.2, 0) is 0 Å². The number of aryl methyl sites for hydroxylation is 1. The van der Waals surface area contributed by atoms with E-state index in [9.17, 15) is 9.59 Å². The van der Waals surface area contributed by atoms with Crippen LogP contribution in [0.3, 0.4) is 0 Å². The molecule has 4 rings (SSSR count). The van der Waals surface area contributed by atoms with Crippen LogP contribution in [0.15, 0.2) is 54.6 Å². The first-order valence-electron chi connectivity index (χ1n) is 9.21. The van der Waals surface area contributed by atoms with Crippen molar-refractivity contribution in [1.29, 1.82) is 0 Å². The first kappa shape index (κ1) is 20.1. The molecule has 0 aliphatic rings. The van der Waals surface area contributed by atoms with E-state index >= 15 is 0 Å². The van der Waals surface area contributed by atoms with E-state index in [1.54, 1.807) is 38.4 Å². The van der Waals surface area contributed by atoms with Crippen molar-refractivity contribution in [1.82, 2.24) is 14.7 Å². The third kappa shape index (κ3) is 3.81. The summed E-state index contributed by atoms with van der Waals surface area (Å²) in [5.41, 5.74) is 2.93. The van der Waals surface area contributed by atoms with E-state index in [2.05, 4.69) is 10.4 Å². The van der Waals surface area contributed by atoms with Crippen molar-refractivity contribution >= 4 is 50.7 Å². The Balaban J connectivity index is 1.59. The van der Waals surface area contributed by atoms with E-state index in [1.165, 1.54) is 16.2 Å². The number of rotatable bonds is 4. The van der Waals surface area contributed by atoms with Crippen molar-refractivity contribution in [3.05, 3.63) is 75.8 Å². The number of carbonyl (C=O) groups is 2. The average Bonchev–Trinajstić information content (AvgIpc) is 3.29. The molecule has 0 spiro atoms. The summed E-state index contributed by atoms with van der Waals surface area (Å²) in [7, 11) is 3.40. The highest BCUT2D eigenvalue weighted by molar-refractivity contribution is 7.20. The molecule has 0 saturated heterocycles. The van der Waals surface area contributed by atoms with Crippen LogP contribution in [0.25, 0.3) is 15.9 Å². The number of nitrogens with zero attached hydrogens (tertiary/aromatic N) is 3. The molecule has 2 heterocycles. The quantitative estimate of drug-likeness (QED) is 0.487. The lowest BCUT2D eigenvalue weighted by molar-refractivity contribution is 0.0827. The van der Waals surface area contributed by atoms with Gasteiger partial charge in [-0.2, -0.15) is 5.10 Å². The van der Waals surface area contributed by atoms with Crippen LogP contribution in [0.2, 0.25) is 5.02 Å². The number of thiophene rings is 1. The van der Waals surface area contributed by atoms with E-state index in [4.69, 9.17) is 11.6 Å². The second-order valence-corrected chi connectivity index (χ2v) is 8.50. The molecule has 4 aromatic rings. The Bertz CT molecular complexity index is 1240. The monoisotopic (exact) mass is 438 g/mol. The summed E-state index contributed by atoms with van der Waals surface area (Å²) in [6.07, 6.45) is 0. The average molecular weight is 439 g/mol. The molecule has 0 aliphatic heterocycles. The van der Waals surface area contributed by atoms with Gasteiger partial charge in [-0.25, -0.2) is 4.68 Å². The van der Waals surface area contributed by atoms with Gasteiger partial charge in [0.2, 0.25) is 0 Å². The van der Waals surface area contributed by atoms with Crippen molar-refractivity contribution in [2.24, 2.45) is 0 Å². The smallest absolute Gasteiger partial charge is 0.265 e. The highest BCUT2D eigenvalue weighted by Crippen LogP contribution is 2.31. The normalized spacial score (nSPS) is 10.9. The number of benzene rings is 2. The van der Waals surface area contributed by atoms with E-state index in [1.807, 2.05) is 41.9 Å². The summed E-state index contributed by atoms with van der Waals surface area (Å²) in [5.74, 6) is -0.287. The number of anilines is 1. The van der Waals surface area contributed by atoms with Crippen molar-refractivity contribution in [2.45, 2.75) is 6.92 Å². The van der Waals surface area contributed by atoms with Crippen LogP contribution < -0.4 is 5.32 Å². The largest absolute Gasteiger partial charge is 0.345 e. The fourth-order valence-corrected chi connectivity index (χ4v) is 4.27. The minimum absolute atomic E-state index is 0.0837. The summed E-state index contributed by atoms with van der Waals surface area (Å²) in [5, 5.41) is 9.07. The van der Waals surface area contributed by atoms with Crippen LogP contribution in [0.5, 0.6) is 0 Å². The van der Waals surface area contributed by atoms with E-state index in [0.717, 1.165) is 21.6 Å². The van der Waals surface area contributed by atoms with E-state index < -0.39 is 0 Å². The molecule has 0 bridgehead atoms. The minimum atomic E-state index is -0.204. The number of halogens is 1. The van der Waals surface area contributed by atoms with Gasteiger partial charge in [0, 0.05) is 35.8 Å². The maximum absolute atomic E-state index is 12.8. The number of hydrogen-bond donors (Lipinski definition) is 1. The summed E-state index contributed by atoms with van der Waals surface area (Å²) in [6.45, 7) is 1.92. The molecule has 2 aromatic heterocycles. The molecule has 6 nitrogen and oxygen atoms in total. The topological polar surface area (TPSA) is 67.2 Å². The van der Waals surface area contributed by atoms with E-state index in [0.29, 0.717) is 21.2 Å². The van der Waals surface area contributed by atoms with Gasteiger partial charge in [0.25, 0.3) is 11.8 Å². The summed E-state index contributed by atoms with van der Waals surface area (Å²) in [4.78, 5) is 27.8. The van der Waals surface area contributed by atoms with Gasteiger partial charge in [-0.05, 0) is 61.5 Å². The van der Waals surface area contributed by atoms with Crippen LogP contribution in [0.4, 0.5) is 5.69 Å². The van der Waals surface area contributed by atoms with Gasteiger partial charge >= 0.3 is 0 Å². The number of amides is 2. The highest BCUT2D eigenvalue weighted by Gasteiger charge is 2.17. The van der Waals surface area contributed by atoms with Crippen LogP contribution >= 0.6 is 22.9 Å². The lowest BCUT2D eigenvalue weighted by Gasteiger charge is -2.10. The van der Waals surface area contributed by atoms with Crippen LogP contribution in [-0.4, -0.2) is 40.6 Å². The molecule has 30 heavy (non-hydrogen) atoms. The van der Waals surface area contributed by atoms with Crippen molar-refractivity contribution in [3.8, 4) is 5.69 Å². The highest BCUT2D eigenvalue weighted by atomic mass is 35.5. The number of fused-ring (bicyclic) bond motifs is 1. The van der Waals surface area contributed by atoms with Gasteiger partial charge in [0.05, 0.1) is 16.3 Å². The summed E-state index contributed by atoms with van der Waals surface area (Å²) >= 11 is 7.36. The number of aromatic nitrogens is 2. The second-order valence-electron chi connectivity index (χ2n) is 7.03. The summed E-state index contributed by atoms with van der Waals surface area (Å²) < 4.78 is 1.82. The maximum Gasteiger partial charge on any atom is 0.265 e. The molecule has 0 unspecified atom stereocenters. The molecular weight excluding hydrogens is 420 g/mol. The predicted molar refractivity (Wildman–Crippen MR) is 121 cm³/mol. The molecule has 0 atom stereocenters. The standard InChI is InChI=1S/C22H19ClN4O2S/c1-13-18-12-19(30-22(18)27(25-13)17-10-6-15(23)7-11-17)20(28)24-16-8-4-14(5-9-16)21(29)26(2)3/h4-12H,1-3H3,(H,24,28). The molecule has 8 heteroatoms. The third-order valence-electron chi connectivity index (χ3n) is 4.64. The van der Waals surface area contributed by atoms with Crippen molar-refractivity contribution in [2.75, 3.05) is 19.4 Å². The molecule has 2 amide bonds. The van der Waals surface area contributed by atoms with Gasteiger partial charge in [-0.1, -0.05) is 11.6 Å². The SMILES string of the molecule is Cc1nn(-c2ccc(Cl)cc2)c2sc(C(=O)Nc3ccc(C(=O)N(C)C)cc3)cc12. The molecule has 0 radical (unpaired) electrons. The van der Waals surface area contributed by atoms with Crippen molar-refractivity contribution < 1.29 is 9.59 Å². The van der Waals surface area contributed by atoms with Crippen LogP contribution in [0.1, 0.15) is 25.7 Å². The molecule has 0 saturated carbocycles. The molecule has 152 valence electrons. The number of nitrogens with one attached hydrogen (secondary N) is 1. The van der Waals surface area contributed by atoms with Gasteiger partial charge < -0.3 is 10.2 Å². The minimum Gasteiger partial charge on any atom is -0.345 e. The molecule has 2 aromatic carbocycles. The lowest BCUT2D eigenvalue weighted by atomic mass is 10.2. The van der Waals surface area contributed by atoms with Crippen molar-refractivity contribution in [3.63, 3.8) is 0 Å². The summed E-state index contributed by atoms with van der Waals surface area (Å²) in [6, 6.07) is 16.1.